The second-order valence-electron chi connectivity index (χ2n) is 7.59. The molecule has 1 atom stereocenters. The topological polar surface area (TPSA) is 33.6 Å². The predicted octanol–water partition coefficient (Wildman–Crippen LogP) is 6.95. The maximum atomic E-state index is 5.44. The van der Waals surface area contributed by atoms with Gasteiger partial charge in [-0.05, 0) is 61.7 Å². The SMILES string of the molecule is C=CNCC1(c2ccc(OC)c(CC)c2)CCCC1.CC.CC=NCC(C)CC. The number of ether oxygens (including phenoxy) is 1. The molecule has 1 saturated carbocycles. The average molecular weight is 403 g/mol. The molecule has 1 aliphatic rings. The van der Waals surface area contributed by atoms with Crippen LogP contribution in [0.25, 0.3) is 0 Å². The summed E-state index contributed by atoms with van der Waals surface area (Å²) in [4.78, 5) is 4.12. The Morgan fingerprint density at radius 3 is 2.38 bits per heavy atom. The van der Waals surface area contributed by atoms with Crippen molar-refractivity contribution >= 4 is 6.21 Å². The first-order valence-electron chi connectivity index (χ1n) is 11.5. The van der Waals surface area contributed by atoms with E-state index in [0.717, 1.165) is 31.2 Å². The molecule has 0 radical (unpaired) electrons. The van der Waals surface area contributed by atoms with Crippen LogP contribution in [0.2, 0.25) is 0 Å². The van der Waals surface area contributed by atoms with Gasteiger partial charge in [-0.2, -0.15) is 0 Å². The van der Waals surface area contributed by atoms with Crippen LogP contribution in [0.3, 0.4) is 0 Å². The van der Waals surface area contributed by atoms with E-state index in [1.54, 1.807) is 7.11 Å². The minimum Gasteiger partial charge on any atom is -0.496 e. The van der Waals surface area contributed by atoms with Crippen molar-refractivity contribution in [3.05, 3.63) is 42.1 Å². The summed E-state index contributed by atoms with van der Waals surface area (Å²) in [6, 6.07) is 6.71. The third kappa shape index (κ3) is 9.06. The lowest BCUT2D eigenvalue weighted by Crippen LogP contribution is -2.33. The zero-order chi connectivity index (χ0) is 22.1. The number of hydrogen-bond acceptors (Lipinski definition) is 3. The second-order valence-corrected chi connectivity index (χ2v) is 7.59. The van der Waals surface area contributed by atoms with Gasteiger partial charge in [-0.3, -0.25) is 4.99 Å². The quantitative estimate of drug-likeness (QED) is 0.453. The second kappa shape index (κ2) is 16.1. The van der Waals surface area contributed by atoms with Crippen LogP contribution in [0, 0.1) is 5.92 Å². The van der Waals surface area contributed by atoms with Crippen LogP contribution in [0.15, 0.2) is 36.0 Å². The normalized spacial score (nSPS) is 15.6. The van der Waals surface area contributed by atoms with Gasteiger partial charge in [0.2, 0.25) is 0 Å². The Kier molecular flexibility index (Phi) is 15.1. The van der Waals surface area contributed by atoms with Crippen LogP contribution >= 0.6 is 0 Å². The summed E-state index contributed by atoms with van der Waals surface area (Å²) in [5.74, 6) is 1.77. The molecule has 0 amide bonds. The van der Waals surface area contributed by atoms with Gasteiger partial charge in [0.05, 0.1) is 7.11 Å². The molecule has 0 aliphatic heterocycles. The van der Waals surface area contributed by atoms with Crippen molar-refractivity contribution in [1.29, 1.82) is 0 Å². The molecule has 0 aromatic heterocycles. The van der Waals surface area contributed by atoms with Crippen molar-refractivity contribution in [3.63, 3.8) is 0 Å². The Hall–Kier alpha value is -1.77. The maximum Gasteiger partial charge on any atom is 0.122 e. The van der Waals surface area contributed by atoms with Crippen LogP contribution in [0.4, 0.5) is 0 Å². The molecule has 1 fully saturated rings. The van der Waals surface area contributed by atoms with Gasteiger partial charge in [0.25, 0.3) is 0 Å². The molecule has 29 heavy (non-hydrogen) atoms. The molecule has 3 heteroatoms. The molecule has 1 unspecified atom stereocenters. The predicted molar refractivity (Wildman–Crippen MR) is 131 cm³/mol. The molecule has 3 nitrogen and oxygen atoms in total. The largest absolute Gasteiger partial charge is 0.496 e. The molecule has 1 aromatic rings. The Morgan fingerprint density at radius 1 is 1.24 bits per heavy atom. The number of nitrogens with zero attached hydrogens (tertiary/aromatic N) is 1. The van der Waals surface area contributed by atoms with E-state index in [1.165, 1.54) is 43.2 Å². The first-order valence-corrected chi connectivity index (χ1v) is 11.5. The minimum absolute atomic E-state index is 0.282. The Bertz CT molecular complexity index is 574. The van der Waals surface area contributed by atoms with Gasteiger partial charge in [-0.25, -0.2) is 0 Å². The minimum atomic E-state index is 0.282. The van der Waals surface area contributed by atoms with Gasteiger partial charge in [0.15, 0.2) is 0 Å². The van der Waals surface area contributed by atoms with Crippen molar-refractivity contribution in [1.82, 2.24) is 5.32 Å². The molecule has 0 spiro atoms. The van der Waals surface area contributed by atoms with Crippen LogP contribution in [-0.4, -0.2) is 26.4 Å². The standard InChI is InChI=1S/C17H25NO.C7H15N.C2H6/c1-4-14-12-15(8-9-16(14)19-3)17(13-18-5-2)10-6-7-11-17;1-4-7(3)6-8-5-2;1-2/h5,8-9,12,18H,2,4,6-7,10-11,13H2,1,3H3;5,7H,4,6H2,1-3H3;1-2H3. The van der Waals surface area contributed by atoms with E-state index in [0.29, 0.717) is 0 Å². The fourth-order valence-electron chi connectivity index (χ4n) is 3.69. The molecule has 0 heterocycles. The first kappa shape index (κ1) is 27.2. The fraction of sp³-hybridized carbons (Fsp3) is 0.654. The molecule has 1 aromatic carbocycles. The highest BCUT2D eigenvalue weighted by Crippen LogP contribution is 2.41. The summed E-state index contributed by atoms with van der Waals surface area (Å²) >= 11 is 0. The highest BCUT2D eigenvalue weighted by molar-refractivity contribution is 5.53. The smallest absolute Gasteiger partial charge is 0.122 e. The Morgan fingerprint density at radius 2 is 1.90 bits per heavy atom. The van der Waals surface area contributed by atoms with Crippen molar-refractivity contribution in [2.75, 3.05) is 20.2 Å². The third-order valence-corrected chi connectivity index (χ3v) is 5.72. The van der Waals surface area contributed by atoms with Crippen LogP contribution in [-0.2, 0) is 11.8 Å². The molecule has 0 saturated heterocycles. The Balaban J connectivity index is 0.000000664. The molecule has 166 valence electrons. The van der Waals surface area contributed by atoms with Crippen LogP contribution in [0.5, 0.6) is 5.75 Å². The van der Waals surface area contributed by atoms with Crippen LogP contribution < -0.4 is 10.1 Å². The lowest BCUT2D eigenvalue weighted by atomic mass is 9.78. The summed E-state index contributed by atoms with van der Waals surface area (Å²) in [5, 5.41) is 3.33. The summed E-state index contributed by atoms with van der Waals surface area (Å²) in [6.45, 7) is 18.3. The van der Waals surface area contributed by atoms with E-state index in [1.807, 2.05) is 33.2 Å². The monoisotopic (exact) mass is 402 g/mol. The number of nitrogens with one attached hydrogen (secondary N) is 1. The van der Waals surface area contributed by atoms with Crippen molar-refractivity contribution in [2.45, 2.75) is 85.5 Å². The summed E-state index contributed by atoms with van der Waals surface area (Å²) in [5.41, 5.74) is 3.05. The van der Waals surface area contributed by atoms with E-state index < -0.39 is 0 Å². The zero-order valence-electron chi connectivity index (χ0n) is 20.2. The Labute approximate surface area is 181 Å². The van der Waals surface area contributed by atoms with Gasteiger partial charge >= 0.3 is 0 Å². The molecule has 1 aliphatic carbocycles. The van der Waals surface area contributed by atoms with Gasteiger partial charge < -0.3 is 10.1 Å². The molecular formula is C26H46N2O. The molecule has 1 N–H and O–H groups in total. The zero-order valence-corrected chi connectivity index (χ0v) is 20.2. The highest BCUT2D eigenvalue weighted by atomic mass is 16.5. The van der Waals surface area contributed by atoms with Gasteiger partial charge in [-0.1, -0.05) is 72.6 Å². The van der Waals surface area contributed by atoms with E-state index in [4.69, 9.17) is 4.74 Å². The van der Waals surface area contributed by atoms with Crippen LogP contribution in [0.1, 0.15) is 84.8 Å². The number of benzene rings is 1. The van der Waals surface area contributed by atoms with Gasteiger partial charge in [0, 0.05) is 18.5 Å². The summed E-state index contributed by atoms with van der Waals surface area (Å²) in [6.07, 6.45) is 11.1. The lowest BCUT2D eigenvalue weighted by molar-refractivity contribution is 0.405. The number of methoxy groups -OCH3 is 1. The van der Waals surface area contributed by atoms with E-state index >= 15 is 0 Å². The number of rotatable bonds is 9. The van der Waals surface area contributed by atoms with Gasteiger partial charge in [-0.15, -0.1) is 0 Å². The first-order chi connectivity index (χ1) is 14.1. The van der Waals surface area contributed by atoms with E-state index in [2.05, 4.69) is 55.9 Å². The number of hydrogen-bond donors (Lipinski definition) is 1. The maximum absolute atomic E-state index is 5.44. The van der Waals surface area contributed by atoms with Gasteiger partial charge in [0.1, 0.15) is 5.75 Å². The summed E-state index contributed by atoms with van der Waals surface area (Å²) in [7, 11) is 1.75. The van der Waals surface area contributed by atoms with Crippen molar-refractivity contribution in [3.8, 4) is 5.75 Å². The highest BCUT2D eigenvalue weighted by Gasteiger charge is 2.35. The molecule has 0 bridgehead atoms. The third-order valence-electron chi connectivity index (χ3n) is 5.72. The van der Waals surface area contributed by atoms with Crippen molar-refractivity contribution < 1.29 is 4.74 Å². The fourth-order valence-corrected chi connectivity index (χ4v) is 3.69. The number of aryl methyl sites for hydroxylation is 1. The van der Waals surface area contributed by atoms with E-state index in [-0.39, 0.29) is 5.41 Å². The average Bonchev–Trinajstić information content (AvgIpc) is 3.27. The number of aliphatic imine (C=N–C) groups is 1. The molecule has 2 rings (SSSR count). The van der Waals surface area contributed by atoms with Crippen molar-refractivity contribution in [2.24, 2.45) is 10.9 Å². The lowest BCUT2D eigenvalue weighted by Gasteiger charge is -2.30. The van der Waals surface area contributed by atoms with E-state index in [9.17, 15) is 0 Å². The molecular weight excluding hydrogens is 356 g/mol. The summed E-state index contributed by atoms with van der Waals surface area (Å²) < 4.78 is 5.44.